The fourth-order valence-electron chi connectivity index (χ4n) is 2.67. The van der Waals surface area contributed by atoms with E-state index in [1.165, 1.54) is 11.3 Å². The summed E-state index contributed by atoms with van der Waals surface area (Å²) >= 11 is 1.36. The van der Waals surface area contributed by atoms with Crippen LogP contribution in [0.5, 0.6) is 11.5 Å². The first-order valence-electron chi connectivity index (χ1n) is 8.34. The highest BCUT2D eigenvalue weighted by Gasteiger charge is 2.15. The summed E-state index contributed by atoms with van der Waals surface area (Å²) in [5.41, 5.74) is 7.73. The zero-order chi connectivity index (χ0) is 18.6. The van der Waals surface area contributed by atoms with Crippen LogP contribution in [0.1, 0.15) is 5.56 Å². The van der Waals surface area contributed by atoms with Crippen molar-refractivity contribution in [3.05, 3.63) is 65.9 Å². The average molecular weight is 379 g/mol. The Morgan fingerprint density at radius 3 is 2.81 bits per heavy atom. The molecule has 0 saturated carbocycles. The van der Waals surface area contributed by atoms with Crippen LogP contribution in [0.4, 0.5) is 5.13 Å². The van der Waals surface area contributed by atoms with Gasteiger partial charge in [-0.25, -0.2) is 9.97 Å². The van der Waals surface area contributed by atoms with Crippen LogP contribution in [0, 0.1) is 0 Å². The normalized spacial score (nSPS) is 12.0. The molecule has 4 rings (SSSR count). The number of nitrogens with two attached hydrogens (primary N) is 1. The van der Waals surface area contributed by atoms with Crippen LogP contribution in [0.3, 0.4) is 0 Å². The van der Waals surface area contributed by atoms with Crippen molar-refractivity contribution in [1.29, 1.82) is 0 Å². The fourth-order valence-corrected chi connectivity index (χ4v) is 3.21. The van der Waals surface area contributed by atoms with Crippen molar-refractivity contribution in [3.63, 3.8) is 0 Å². The van der Waals surface area contributed by atoms with Gasteiger partial charge >= 0.3 is 0 Å². The maximum absolute atomic E-state index is 12.1. The maximum atomic E-state index is 12.1. The number of H-pyrrole nitrogens is 1. The van der Waals surface area contributed by atoms with E-state index < -0.39 is 6.04 Å². The van der Waals surface area contributed by atoms with Gasteiger partial charge in [-0.2, -0.15) is 0 Å². The zero-order valence-electron chi connectivity index (χ0n) is 14.3. The van der Waals surface area contributed by atoms with E-state index in [1.54, 1.807) is 17.8 Å². The maximum Gasteiger partial charge on any atom is 0.243 e. The lowest BCUT2D eigenvalue weighted by molar-refractivity contribution is -0.117. The van der Waals surface area contributed by atoms with Crippen molar-refractivity contribution in [2.24, 2.45) is 5.73 Å². The topological polar surface area (TPSA) is 106 Å². The van der Waals surface area contributed by atoms with E-state index in [0.29, 0.717) is 17.3 Å². The van der Waals surface area contributed by atoms with Crippen LogP contribution < -0.4 is 15.8 Å². The Labute approximate surface area is 159 Å². The minimum Gasteiger partial charge on any atom is -0.457 e. The number of carbonyl (C=O) groups is 1. The van der Waals surface area contributed by atoms with Crippen LogP contribution in [-0.2, 0) is 11.2 Å². The van der Waals surface area contributed by atoms with E-state index in [4.69, 9.17) is 10.5 Å². The number of ether oxygens (including phenoxy) is 1. The Morgan fingerprint density at radius 1 is 1.19 bits per heavy atom. The van der Waals surface area contributed by atoms with E-state index in [2.05, 4.69) is 20.3 Å². The number of aromatic nitrogens is 3. The Balaban J connectivity index is 1.40. The number of pyridine rings is 1. The molecule has 1 unspecified atom stereocenters. The minimum absolute atomic E-state index is 0.253. The number of fused-ring (bicyclic) bond motifs is 1. The first kappa shape index (κ1) is 17.2. The first-order valence-corrected chi connectivity index (χ1v) is 9.22. The molecule has 7 nitrogen and oxygen atoms in total. The smallest absolute Gasteiger partial charge is 0.243 e. The molecule has 27 heavy (non-hydrogen) atoms. The van der Waals surface area contributed by atoms with Gasteiger partial charge in [-0.05, 0) is 36.2 Å². The molecule has 0 aliphatic heterocycles. The predicted molar refractivity (Wildman–Crippen MR) is 105 cm³/mol. The lowest BCUT2D eigenvalue weighted by Gasteiger charge is -2.12. The number of hydrogen-bond acceptors (Lipinski definition) is 6. The number of thiazole rings is 1. The Hall–Kier alpha value is -3.23. The summed E-state index contributed by atoms with van der Waals surface area (Å²) in [5.74, 6) is 1.18. The third kappa shape index (κ3) is 3.97. The summed E-state index contributed by atoms with van der Waals surface area (Å²) < 4.78 is 5.95. The largest absolute Gasteiger partial charge is 0.457 e. The third-order valence-electron chi connectivity index (χ3n) is 4.03. The van der Waals surface area contributed by atoms with Crippen molar-refractivity contribution in [1.82, 2.24) is 15.0 Å². The van der Waals surface area contributed by atoms with Gasteiger partial charge in [0.25, 0.3) is 0 Å². The Bertz CT molecular complexity index is 1040. The Morgan fingerprint density at radius 2 is 2.04 bits per heavy atom. The van der Waals surface area contributed by atoms with Crippen LogP contribution >= 0.6 is 11.3 Å². The second kappa shape index (κ2) is 7.56. The monoisotopic (exact) mass is 379 g/mol. The van der Waals surface area contributed by atoms with Crippen LogP contribution in [-0.4, -0.2) is 26.9 Å². The van der Waals surface area contributed by atoms with Crippen molar-refractivity contribution in [2.45, 2.75) is 12.5 Å². The molecule has 1 atom stereocenters. The molecule has 4 N–H and O–H groups in total. The van der Waals surface area contributed by atoms with Crippen LogP contribution in [0.25, 0.3) is 11.0 Å². The fraction of sp³-hybridized carbons (Fsp3) is 0.105. The van der Waals surface area contributed by atoms with Gasteiger partial charge in [-0.15, -0.1) is 11.3 Å². The van der Waals surface area contributed by atoms with E-state index in [0.717, 1.165) is 22.3 Å². The van der Waals surface area contributed by atoms with Gasteiger partial charge in [-0.1, -0.05) is 12.1 Å². The molecule has 4 aromatic rings. The molecule has 0 fully saturated rings. The van der Waals surface area contributed by atoms with E-state index in [9.17, 15) is 4.79 Å². The molecule has 0 aliphatic carbocycles. The molecule has 3 heterocycles. The van der Waals surface area contributed by atoms with Crippen molar-refractivity contribution >= 4 is 33.4 Å². The molecule has 0 bridgehead atoms. The molecular weight excluding hydrogens is 362 g/mol. The number of nitrogens with zero attached hydrogens (tertiary/aromatic N) is 2. The standard InChI is InChI=1S/C19H17N5O2S/c20-15(18(25)24-19-23-9-10-27-19)11-12-1-3-13(4-2-12)26-16-6-8-22-17-14(16)5-7-21-17/h1-10,15H,11,20H2,(H,21,22)(H,23,24,25). The van der Waals surface area contributed by atoms with Gasteiger partial charge in [-0.3, -0.25) is 4.79 Å². The number of hydrogen-bond donors (Lipinski definition) is 3. The molecule has 0 radical (unpaired) electrons. The number of carbonyl (C=O) groups excluding carboxylic acids is 1. The highest BCUT2D eigenvalue weighted by molar-refractivity contribution is 7.13. The van der Waals surface area contributed by atoms with Crippen molar-refractivity contribution in [3.8, 4) is 11.5 Å². The third-order valence-corrected chi connectivity index (χ3v) is 4.71. The van der Waals surface area contributed by atoms with Crippen LogP contribution in [0.2, 0.25) is 0 Å². The molecule has 1 amide bonds. The summed E-state index contributed by atoms with van der Waals surface area (Å²) in [5, 5.41) is 5.97. The number of anilines is 1. The molecule has 1 aromatic carbocycles. The first-order chi connectivity index (χ1) is 13.2. The molecule has 0 aliphatic rings. The van der Waals surface area contributed by atoms with Gasteiger partial charge < -0.3 is 20.8 Å². The van der Waals surface area contributed by atoms with Gasteiger partial charge in [0.15, 0.2) is 5.13 Å². The quantitative estimate of drug-likeness (QED) is 0.476. The number of nitrogens with one attached hydrogen (secondary N) is 2. The lowest BCUT2D eigenvalue weighted by atomic mass is 10.1. The molecule has 0 saturated heterocycles. The van der Waals surface area contributed by atoms with Crippen molar-refractivity contribution in [2.75, 3.05) is 5.32 Å². The van der Waals surface area contributed by atoms with Gasteiger partial charge in [0.2, 0.25) is 5.91 Å². The minimum atomic E-state index is -0.652. The zero-order valence-corrected chi connectivity index (χ0v) is 15.1. The second-order valence-electron chi connectivity index (χ2n) is 5.93. The van der Waals surface area contributed by atoms with Gasteiger partial charge in [0, 0.05) is 24.0 Å². The number of benzene rings is 1. The average Bonchev–Trinajstić information content (AvgIpc) is 3.35. The Kier molecular flexibility index (Phi) is 4.82. The molecule has 3 aromatic heterocycles. The highest BCUT2D eigenvalue weighted by atomic mass is 32.1. The summed E-state index contributed by atoms with van der Waals surface area (Å²) in [6, 6.07) is 10.6. The number of rotatable bonds is 6. The number of aromatic amines is 1. The molecule has 0 spiro atoms. The molecule has 136 valence electrons. The summed E-state index contributed by atoms with van der Waals surface area (Å²) in [7, 11) is 0. The molecule has 8 heteroatoms. The van der Waals surface area contributed by atoms with E-state index in [1.807, 2.05) is 42.6 Å². The van der Waals surface area contributed by atoms with E-state index in [-0.39, 0.29) is 5.91 Å². The van der Waals surface area contributed by atoms with Crippen LogP contribution in [0.15, 0.2) is 60.4 Å². The van der Waals surface area contributed by atoms with E-state index >= 15 is 0 Å². The predicted octanol–water partition coefficient (Wildman–Crippen LogP) is 3.32. The summed E-state index contributed by atoms with van der Waals surface area (Å²) in [4.78, 5) is 23.4. The molecular formula is C19H17N5O2S. The van der Waals surface area contributed by atoms with Crippen molar-refractivity contribution < 1.29 is 9.53 Å². The summed E-state index contributed by atoms with van der Waals surface area (Å²) in [6.07, 6.45) is 5.58. The summed E-state index contributed by atoms with van der Waals surface area (Å²) in [6.45, 7) is 0. The SMILES string of the molecule is NC(Cc1ccc(Oc2ccnc3[nH]ccc23)cc1)C(=O)Nc1nccs1. The van der Waals surface area contributed by atoms with Gasteiger partial charge in [0.05, 0.1) is 11.4 Å². The lowest BCUT2D eigenvalue weighted by Crippen LogP contribution is -2.37. The van der Waals surface area contributed by atoms with Gasteiger partial charge in [0.1, 0.15) is 17.1 Å². The number of amides is 1. The highest BCUT2D eigenvalue weighted by Crippen LogP contribution is 2.28. The second-order valence-corrected chi connectivity index (χ2v) is 6.83.